The van der Waals surface area contributed by atoms with Crippen LogP contribution in [0.1, 0.15) is 31.2 Å². The van der Waals surface area contributed by atoms with Gasteiger partial charge < -0.3 is 9.64 Å². The number of sulfone groups is 1. The van der Waals surface area contributed by atoms with Crippen molar-refractivity contribution in [1.82, 2.24) is 4.90 Å². The van der Waals surface area contributed by atoms with E-state index in [4.69, 9.17) is 4.74 Å². The first kappa shape index (κ1) is 19.0. The molecule has 0 spiro atoms. The van der Waals surface area contributed by atoms with Crippen molar-refractivity contribution in [1.29, 1.82) is 0 Å². The number of hydrogen-bond donors (Lipinski definition) is 0. The minimum Gasteiger partial charge on any atom is -0.497 e. The number of carbonyl (C=O) groups excluding carboxylic acids is 1. The minimum atomic E-state index is -3.36. The average molecular weight is 400 g/mol. The molecular weight excluding hydrogens is 374 g/mol. The van der Waals surface area contributed by atoms with Gasteiger partial charge >= 0.3 is 0 Å². The quantitative estimate of drug-likeness (QED) is 0.774. The van der Waals surface area contributed by atoms with E-state index in [0.29, 0.717) is 24.2 Å². The normalized spacial score (nSPS) is 24.2. The third kappa shape index (κ3) is 3.53. The first-order chi connectivity index (χ1) is 13.5. The highest BCUT2D eigenvalue weighted by Gasteiger charge is 2.46. The van der Waals surface area contributed by atoms with Crippen LogP contribution in [0.25, 0.3) is 0 Å². The maximum atomic E-state index is 13.0. The fraction of sp³-hybridized carbons (Fsp3) is 0.409. The summed E-state index contributed by atoms with van der Waals surface area (Å²) in [4.78, 5) is 15.3. The summed E-state index contributed by atoms with van der Waals surface area (Å²) in [5.41, 5.74) is 0.948. The number of benzene rings is 2. The molecule has 0 radical (unpaired) electrons. The third-order valence-corrected chi connectivity index (χ3v) is 8.19. The van der Waals surface area contributed by atoms with Gasteiger partial charge in [-0.15, -0.1) is 0 Å². The van der Waals surface area contributed by atoms with Crippen LogP contribution in [0, 0.1) is 0 Å². The molecule has 148 valence electrons. The van der Waals surface area contributed by atoms with Gasteiger partial charge in [0.25, 0.3) is 0 Å². The van der Waals surface area contributed by atoms with Gasteiger partial charge in [0.1, 0.15) is 5.75 Å². The van der Waals surface area contributed by atoms with Gasteiger partial charge in [0.05, 0.1) is 23.7 Å². The number of rotatable bonds is 5. The summed E-state index contributed by atoms with van der Waals surface area (Å²) in [5.74, 6) is 0.858. The molecule has 2 aromatic rings. The molecule has 2 aliphatic heterocycles. The fourth-order valence-electron chi connectivity index (χ4n) is 4.60. The molecule has 2 heterocycles. The van der Waals surface area contributed by atoms with Crippen molar-refractivity contribution in [3.8, 4) is 5.75 Å². The summed E-state index contributed by atoms with van der Waals surface area (Å²) in [6.45, 7) is 0. The highest BCUT2D eigenvalue weighted by atomic mass is 32.2. The standard InChI is InChI=1S/C22H25NO4S/c1-27-19-11-7-16(8-12-19)13-22(24)23-17-9-10-18(23)15-21(14-17)28(25,26)20-5-3-2-4-6-20/h2-8,11-12,17-18,21H,9-10,13-15H2,1H3/t17-,18-/m0/s1. The summed E-state index contributed by atoms with van der Waals surface area (Å²) >= 11 is 0. The summed E-state index contributed by atoms with van der Waals surface area (Å²) in [7, 11) is -1.74. The lowest BCUT2D eigenvalue weighted by Gasteiger charge is -2.38. The van der Waals surface area contributed by atoms with Crippen LogP contribution in [0.4, 0.5) is 0 Å². The van der Waals surface area contributed by atoms with Crippen LogP contribution in [-0.4, -0.2) is 43.7 Å². The lowest BCUT2D eigenvalue weighted by Crippen LogP contribution is -2.50. The van der Waals surface area contributed by atoms with Crippen molar-refractivity contribution in [3.05, 3.63) is 60.2 Å². The predicted molar refractivity (Wildman–Crippen MR) is 107 cm³/mol. The Bertz CT molecular complexity index is 926. The molecule has 0 N–H and O–H groups in total. The fourth-order valence-corrected chi connectivity index (χ4v) is 6.47. The molecule has 1 amide bonds. The van der Waals surface area contributed by atoms with E-state index in [1.165, 1.54) is 0 Å². The average Bonchev–Trinajstić information content (AvgIpc) is 2.98. The third-order valence-electron chi connectivity index (χ3n) is 6.00. The maximum absolute atomic E-state index is 13.0. The molecule has 6 heteroatoms. The topological polar surface area (TPSA) is 63.7 Å². The Morgan fingerprint density at radius 2 is 1.61 bits per heavy atom. The highest BCUT2D eigenvalue weighted by molar-refractivity contribution is 7.92. The molecule has 5 nitrogen and oxygen atoms in total. The van der Waals surface area contributed by atoms with Crippen molar-refractivity contribution in [3.63, 3.8) is 0 Å². The zero-order chi connectivity index (χ0) is 19.7. The number of amides is 1. The SMILES string of the molecule is COc1ccc(CC(=O)N2[C@H]3CC[C@H]2CC(S(=O)(=O)c2ccccc2)C3)cc1. The van der Waals surface area contributed by atoms with E-state index in [0.717, 1.165) is 24.2 Å². The van der Waals surface area contributed by atoms with Crippen LogP contribution in [0.2, 0.25) is 0 Å². The summed E-state index contributed by atoms with van der Waals surface area (Å²) < 4.78 is 31.2. The van der Waals surface area contributed by atoms with Crippen LogP contribution in [0.15, 0.2) is 59.5 Å². The Balaban J connectivity index is 1.47. The lowest BCUT2D eigenvalue weighted by molar-refractivity contribution is -0.134. The van der Waals surface area contributed by atoms with Crippen LogP contribution in [0.5, 0.6) is 5.75 Å². The Kier molecular flexibility index (Phi) is 5.15. The molecule has 0 saturated carbocycles. The molecule has 0 aromatic heterocycles. The van der Waals surface area contributed by atoms with Gasteiger partial charge in [0, 0.05) is 12.1 Å². The molecule has 0 aliphatic carbocycles. The van der Waals surface area contributed by atoms with E-state index in [1.54, 1.807) is 31.4 Å². The van der Waals surface area contributed by atoms with Crippen molar-refractivity contribution in [2.45, 2.75) is 54.3 Å². The van der Waals surface area contributed by atoms with Gasteiger partial charge in [0.15, 0.2) is 9.84 Å². The van der Waals surface area contributed by atoms with Crippen LogP contribution < -0.4 is 4.74 Å². The van der Waals surface area contributed by atoms with E-state index >= 15 is 0 Å². The molecule has 2 aromatic carbocycles. The van der Waals surface area contributed by atoms with Gasteiger partial charge in [-0.2, -0.15) is 0 Å². The summed E-state index contributed by atoms with van der Waals surface area (Å²) in [6.07, 6.45) is 3.18. The smallest absolute Gasteiger partial charge is 0.227 e. The van der Waals surface area contributed by atoms with E-state index < -0.39 is 15.1 Å². The number of hydrogen-bond acceptors (Lipinski definition) is 4. The van der Waals surface area contributed by atoms with Gasteiger partial charge in [-0.05, 0) is 55.5 Å². The molecule has 2 aliphatic rings. The molecule has 2 fully saturated rings. The van der Waals surface area contributed by atoms with Crippen molar-refractivity contribution >= 4 is 15.7 Å². The number of methoxy groups -OCH3 is 1. The van der Waals surface area contributed by atoms with E-state index in [-0.39, 0.29) is 18.0 Å². The van der Waals surface area contributed by atoms with Crippen molar-refractivity contribution in [2.24, 2.45) is 0 Å². The Labute approximate surface area is 166 Å². The van der Waals surface area contributed by atoms with Crippen molar-refractivity contribution in [2.75, 3.05) is 7.11 Å². The zero-order valence-corrected chi connectivity index (χ0v) is 16.8. The molecule has 4 rings (SSSR count). The first-order valence-corrected chi connectivity index (χ1v) is 11.3. The van der Waals surface area contributed by atoms with Crippen LogP contribution in [-0.2, 0) is 21.1 Å². The largest absolute Gasteiger partial charge is 0.497 e. The summed E-state index contributed by atoms with van der Waals surface area (Å²) in [6, 6.07) is 16.2. The van der Waals surface area contributed by atoms with Gasteiger partial charge in [0.2, 0.25) is 5.91 Å². The predicted octanol–water partition coefficient (Wildman–Crippen LogP) is 3.23. The monoisotopic (exact) mass is 399 g/mol. The zero-order valence-electron chi connectivity index (χ0n) is 16.0. The Morgan fingerprint density at radius 1 is 1.00 bits per heavy atom. The second kappa shape index (κ2) is 7.59. The van der Waals surface area contributed by atoms with Crippen LogP contribution in [0.3, 0.4) is 0 Å². The van der Waals surface area contributed by atoms with E-state index in [9.17, 15) is 13.2 Å². The van der Waals surface area contributed by atoms with Crippen LogP contribution >= 0.6 is 0 Å². The molecule has 2 atom stereocenters. The minimum absolute atomic E-state index is 0.0213. The maximum Gasteiger partial charge on any atom is 0.227 e. The number of nitrogens with zero attached hydrogens (tertiary/aromatic N) is 1. The second-order valence-corrected chi connectivity index (χ2v) is 9.89. The highest BCUT2D eigenvalue weighted by Crippen LogP contribution is 2.40. The molecular formula is C22H25NO4S. The van der Waals surface area contributed by atoms with Gasteiger partial charge in [-0.3, -0.25) is 4.79 Å². The number of piperidine rings is 1. The lowest BCUT2D eigenvalue weighted by atomic mass is 10.0. The first-order valence-electron chi connectivity index (χ1n) is 9.72. The second-order valence-electron chi connectivity index (χ2n) is 7.66. The molecule has 2 bridgehead atoms. The van der Waals surface area contributed by atoms with Gasteiger partial charge in [-0.25, -0.2) is 8.42 Å². The van der Waals surface area contributed by atoms with Crippen molar-refractivity contribution < 1.29 is 17.9 Å². The number of carbonyl (C=O) groups is 1. The summed E-state index contributed by atoms with van der Waals surface area (Å²) in [5, 5.41) is -0.405. The molecule has 0 unspecified atom stereocenters. The Hall–Kier alpha value is -2.34. The molecule has 2 saturated heterocycles. The number of fused-ring (bicyclic) bond motifs is 2. The van der Waals surface area contributed by atoms with E-state index in [1.807, 2.05) is 35.2 Å². The molecule has 28 heavy (non-hydrogen) atoms. The van der Waals surface area contributed by atoms with E-state index in [2.05, 4.69) is 0 Å². The van der Waals surface area contributed by atoms with Gasteiger partial charge in [-0.1, -0.05) is 30.3 Å². The Morgan fingerprint density at radius 3 is 2.18 bits per heavy atom. The number of ether oxygens (including phenoxy) is 1.